The van der Waals surface area contributed by atoms with Crippen molar-refractivity contribution in [3.63, 3.8) is 0 Å². The van der Waals surface area contributed by atoms with Crippen LogP contribution in [0.15, 0.2) is 22.5 Å². The fraction of sp³-hybridized carbons (Fsp3) is 0.500. The van der Waals surface area contributed by atoms with Gasteiger partial charge < -0.3 is 15.5 Å². The molecule has 0 aliphatic carbocycles. The largest absolute Gasteiger partial charge is 0.357 e. The molecule has 1 rings (SSSR count). The number of hydrogen-bond acceptors (Lipinski definition) is 3. The van der Waals surface area contributed by atoms with Gasteiger partial charge >= 0.3 is 0 Å². The summed E-state index contributed by atoms with van der Waals surface area (Å²) in [6.07, 6.45) is 0. The molecule has 0 spiro atoms. The highest BCUT2D eigenvalue weighted by molar-refractivity contribution is 14.0. The van der Waals surface area contributed by atoms with Crippen molar-refractivity contribution < 1.29 is 4.79 Å². The van der Waals surface area contributed by atoms with Crippen LogP contribution in [0, 0.1) is 0 Å². The standard InChI is InChI=1S/C12H20N4OS.HI/c1-4-13-12(15-9-11(17)16(2)3)14-8-10-6-5-7-18-10;/h5-7H,4,8-9H2,1-3H3,(H2,13,14,15);1H. The van der Waals surface area contributed by atoms with E-state index in [2.05, 4.69) is 21.7 Å². The number of carbonyl (C=O) groups excluding carboxylic acids is 1. The lowest BCUT2D eigenvalue weighted by Crippen LogP contribution is -2.37. The lowest BCUT2D eigenvalue weighted by molar-refractivity contribution is -0.127. The molecule has 1 aromatic rings. The number of hydrogen-bond donors (Lipinski definition) is 2. The Morgan fingerprint density at radius 3 is 2.68 bits per heavy atom. The molecule has 1 aromatic heterocycles. The van der Waals surface area contributed by atoms with E-state index in [4.69, 9.17) is 0 Å². The maximum absolute atomic E-state index is 11.4. The Labute approximate surface area is 135 Å². The van der Waals surface area contributed by atoms with Gasteiger partial charge in [0.15, 0.2) is 5.96 Å². The summed E-state index contributed by atoms with van der Waals surface area (Å²) in [5.74, 6) is 0.657. The van der Waals surface area contributed by atoms with Crippen molar-refractivity contribution in [3.05, 3.63) is 22.4 Å². The monoisotopic (exact) mass is 396 g/mol. The number of rotatable bonds is 5. The number of guanidine groups is 1. The lowest BCUT2D eigenvalue weighted by Gasteiger charge is -2.12. The van der Waals surface area contributed by atoms with Crippen molar-refractivity contribution in [2.75, 3.05) is 27.2 Å². The third-order valence-electron chi connectivity index (χ3n) is 2.23. The summed E-state index contributed by atoms with van der Waals surface area (Å²) in [6.45, 7) is 3.65. The van der Waals surface area contributed by atoms with Gasteiger partial charge in [0.25, 0.3) is 0 Å². The highest BCUT2D eigenvalue weighted by Gasteiger charge is 2.04. The Balaban J connectivity index is 0.00000324. The molecule has 0 unspecified atom stereocenters. The quantitative estimate of drug-likeness (QED) is 0.451. The Morgan fingerprint density at radius 2 is 2.16 bits per heavy atom. The summed E-state index contributed by atoms with van der Waals surface area (Å²) in [6, 6.07) is 4.08. The van der Waals surface area contributed by atoms with E-state index in [1.165, 1.54) is 9.78 Å². The van der Waals surface area contributed by atoms with Gasteiger partial charge in [0.05, 0.1) is 6.54 Å². The average molecular weight is 396 g/mol. The molecule has 0 aliphatic heterocycles. The second kappa shape index (κ2) is 10.0. The molecule has 0 saturated carbocycles. The summed E-state index contributed by atoms with van der Waals surface area (Å²) in [7, 11) is 3.45. The van der Waals surface area contributed by atoms with Gasteiger partial charge in [-0.2, -0.15) is 0 Å². The zero-order valence-corrected chi connectivity index (χ0v) is 14.6. The van der Waals surface area contributed by atoms with Gasteiger partial charge in [-0.3, -0.25) is 4.79 Å². The molecule has 0 saturated heterocycles. The zero-order chi connectivity index (χ0) is 13.4. The van der Waals surface area contributed by atoms with Crippen LogP contribution in [0.25, 0.3) is 0 Å². The van der Waals surface area contributed by atoms with Gasteiger partial charge in [-0.05, 0) is 18.4 Å². The molecule has 0 aliphatic rings. The maximum atomic E-state index is 11.4. The Bertz CT molecular complexity index is 392. The van der Waals surface area contributed by atoms with Crippen molar-refractivity contribution >= 4 is 47.2 Å². The van der Waals surface area contributed by atoms with Gasteiger partial charge in [-0.25, -0.2) is 4.99 Å². The Morgan fingerprint density at radius 1 is 1.42 bits per heavy atom. The van der Waals surface area contributed by atoms with Gasteiger partial charge in [-0.15, -0.1) is 35.3 Å². The molecule has 1 amide bonds. The summed E-state index contributed by atoms with van der Waals surface area (Å²) < 4.78 is 0. The van der Waals surface area contributed by atoms with Crippen LogP contribution in [-0.2, 0) is 11.3 Å². The van der Waals surface area contributed by atoms with Gasteiger partial charge in [0.2, 0.25) is 5.91 Å². The van der Waals surface area contributed by atoms with Gasteiger partial charge in [0.1, 0.15) is 6.54 Å². The fourth-order valence-corrected chi connectivity index (χ4v) is 1.86. The third kappa shape index (κ3) is 7.36. The number of carbonyl (C=O) groups is 1. The van der Waals surface area contributed by atoms with Crippen molar-refractivity contribution in [3.8, 4) is 0 Å². The summed E-state index contributed by atoms with van der Waals surface area (Å²) in [5, 5.41) is 8.35. The van der Waals surface area contributed by atoms with Crippen molar-refractivity contribution in [2.24, 2.45) is 4.99 Å². The van der Waals surface area contributed by atoms with E-state index in [9.17, 15) is 4.79 Å². The fourth-order valence-electron chi connectivity index (χ4n) is 1.21. The van der Waals surface area contributed by atoms with E-state index in [-0.39, 0.29) is 36.4 Å². The van der Waals surface area contributed by atoms with Crippen LogP contribution in [0.3, 0.4) is 0 Å². The molecular weight excluding hydrogens is 375 g/mol. The molecule has 0 bridgehead atoms. The molecular formula is C12H21IN4OS. The Kier molecular flexibility index (Phi) is 9.58. The summed E-state index contributed by atoms with van der Waals surface area (Å²) in [4.78, 5) is 18.5. The SMILES string of the molecule is CCNC(=NCC(=O)N(C)C)NCc1cccs1.I. The first-order valence-electron chi connectivity index (χ1n) is 5.88. The molecule has 19 heavy (non-hydrogen) atoms. The van der Waals surface area contributed by atoms with Gasteiger partial charge in [0, 0.05) is 25.5 Å². The second-order valence-corrected chi connectivity index (χ2v) is 4.95. The number of halogens is 1. The van der Waals surface area contributed by atoms with E-state index < -0.39 is 0 Å². The second-order valence-electron chi connectivity index (χ2n) is 3.92. The number of thiophene rings is 1. The van der Waals surface area contributed by atoms with Crippen molar-refractivity contribution in [1.82, 2.24) is 15.5 Å². The van der Waals surface area contributed by atoms with Crippen LogP contribution < -0.4 is 10.6 Å². The molecule has 5 nitrogen and oxygen atoms in total. The molecule has 0 radical (unpaired) electrons. The minimum absolute atomic E-state index is 0. The summed E-state index contributed by atoms with van der Waals surface area (Å²) >= 11 is 1.69. The van der Waals surface area contributed by atoms with Gasteiger partial charge in [-0.1, -0.05) is 6.07 Å². The third-order valence-corrected chi connectivity index (χ3v) is 3.10. The van der Waals surface area contributed by atoms with Crippen molar-refractivity contribution in [1.29, 1.82) is 0 Å². The van der Waals surface area contributed by atoms with Crippen LogP contribution in [0.5, 0.6) is 0 Å². The molecule has 7 heteroatoms. The maximum Gasteiger partial charge on any atom is 0.243 e. The molecule has 0 fully saturated rings. The minimum Gasteiger partial charge on any atom is -0.357 e. The van der Waals surface area contributed by atoms with Crippen LogP contribution >= 0.6 is 35.3 Å². The molecule has 1 heterocycles. The minimum atomic E-state index is -0.0108. The van der Waals surface area contributed by atoms with E-state index in [0.717, 1.165) is 13.1 Å². The topological polar surface area (TPSA) is 56.7 Å². The lowest BCUT2D eigenvalue weighted by atomic mass is 10.4. The Hall–Kier alpha value is -0.830. The number of nitrogens with one attached hydrogen (secondary N) is 2. The van der Waals surface area contributed by atoms with E-state index in [1.807, 2.05) is 18.4 Å². The highest BCUT2D eigenvalue weighted by Crippen LogP contribution is 2.07. The first-order valence-corrected chi connectivity index (χ1v) is 6.76. The van der Waals surface area contributed by atoms with Crippen LogP contribution in [0.2, 0.25) is 0 Å². The van der Waals surface area contributed by atoms with Crippen molar-refractivity contribution in [2.45, 2.75) is 13.5 Å². The molecule has 108 valence electrons. The predicted octanol–water partition coefficient (Wildman–Crippen LogP) is 1.51. The number of likely N-dealkylation sites (N-methyl/N-ethyl adjacent to an activating group) is 1. The smallest absolute Gasteiger partial charge is 0.243 e. The molecule has 2 N–H and O–H groups in total. The first kappa shape index (κ1) is 18.2. The number of amides is 1. The first-order chi connectivity index (χ1) is 8.63. The highest BCUT2D eigenvalue weighted by atomic mass is 127. The van der Waals surface area contributed by atoms with Crippen LogP contribution in [-0.4, -0.2) is 44.0 Å². The average Bonchev–Trinajstić information content (AvgIpc) is 2.85. The van der Waals surface area contributed by atoms with E-state index in [1.54, 1.807) is 25.4 Å². The van der Waals surface area contributed by atoms with Crippen LogP contribution in [0.1, 0.15) is 11.8 Å². The number of nitrogens with zero attached hydrogens (tertiary/aromatic N) is 2. The number of aliphatic imine (C=N–C) groups is 1. The predicted molar refractivity (Wildman–Crippen MR) is 91.2 cm³/mol. The van der Waals surface area contributed by atoms with E-state index >= 15 is 0 Å². The molecule has 0 atom stereocenters. The van der Waals surface area contributed by atoms with Crippen LogP contribution in [0.4, 0.5) is 0 Å². The normalized spacial score (nSPS) is 10.6. The summed E-state index contributed by atoms with van der Waals surface area (Å²) in [5.41, 5.74) is 0. The molecule has 0 aromatic carbocycles. The zero-order valence-electron chi connectivity index (χ0n) is 11.5. The van der Waals surface area contributed by atoms with E-state index in [0.29, 0.717) is 5.96 Å².